The zero-order valence-corrected chi connectivity index (χ0v) is 11.9. The highest BCUT2D eigenvalue weighted by Crippen LogP contribution is 2.03. The van der Waals surface area contributed by atoms with Crippen LogP contribution >= 0.6 is 0 Å². The Morgan fingerprint density at radius 1 is 1.26 bits per heavy atom. The number of hydrogen-bond acceptors (Lipinski definition) is 5. The van der Waals surface area contributed by atoms with Gasteiger partial charge in [-0.3, -0.25) is 14.4 Å². The summed E-state index contributed by atoms with van der Waals surface area (Å²) in [6.45, 7) is 3.90. The Balaban J connectivity index is 4.44. The van der Waals surface area contributed by atoms with Gasteiger partial charge in [0, 0.05) is 33.7 Å². The molecule has 0 rings (SSSR count). The molecule has 19 heavy (non-hydrogen) atoms. The lowest BCUT2D eigenvalue weighted by molar-refractivity contribution is -0.147. The molecule has 0 aliphatic heterocycles. The topological polar surface area (TPSA) is 84.9 Å². The molecule has 0 aromatic rings. The molecule has 2 amide bonds. The van der Waals surface area contributed by atoms with Gasteiger partial charge in [-0.2, -0.15) is 0 Å². The van der Waals surface area contributed by atoms with E-state index in [0.29, 0.717) is 13.1 Å². The first kappa shape index (κ1) is 17.4. The van der Waals surface area contributed by atoms with Gasteiger partial charge in [-0.1, -0.05) is 6.92 Å². The highest BCUT2D eigenvalue weighted by molar-refractivity contribution is 5.79. The molecule has 1 unspecified atom stereocenters. The normalized spacial score (nSPS) is 11.6. The Hall–Kier alpha value is -1.63. The molecule has 110 valence electrons. The second-order valence-electron chi connectivity index (χ2n) is 4.18. The van der Waals surface area contributed by atoms with E-state index in [0.717, 1.165) is 0 Å². The maximum Gasteiger partial charge on any atom is 0.310 e. The quantitative estimate of drug-likeness (QED) is 0.598. The van der Waals surface area contributed by atoms with Gasteiger partial charge in [0.1, 0.15) is 6.61 Å². The fraction of sp³-hybridized carbons (Fsp3) is 0.750. The summed E-state index contributed by atoms with van der Waals surface area (Å²) < 4.78 is 9.40. The van der Waals surface area contributed by atoms with Crippen LogP contribution in [-0.2, 0) is 23.9 Å². The minimum absolute atomic E-state index is 0.0615. The molecule has 0 aliphatic rings. The summed E-state index contributed by atoms with van der Waals surface area (Å²) in [5.41, 5.74) is 0. The molecule has 0 aromatic carbocycles. The molecule has 7 nitrogen and oxygen atoms in total. The van der Waals surface area contributed by atoms with Crippen molar-refractivity contribution in [3.8, 4) is 0 Å². The number of methoxy groups -OCH3 is 2. The average molecular weight is 274 g/mol. The molecular formula is C12H22N2O5. The summed E-state index contributed by atoms with van der Waals surface area (Å²) in [6.07, 6.45) is 0. The first-order chi connectivity index (χ1) is 8.92. The molecule has 0 bridgehead atoms. The van der Waals surface area contributed by atoms with Crippen molar-refractivity contribution in [1.29, 1.82) is 0 Å². The van der Waals surface area contributed by atoms with Crippen LogP contribution in [0.15, 0.2) is 0 Å². The van der Waals surface area contributed by atoms with Gasteiger partial charge in [0.15, 0.2) is 0 Å². The summed E-state index contributed by atoms with van der Waals surface area (Å²) in [4.78, 5) is 35.4. The van der Waals surface area contributed by atoms with Gasteiger partial charge >= 0.3 is 5.97 Å². The fourth-order valence-electron chi connectivity index (χ4n) is 1.51. The largest absolute Gasteiger partial charge is 0.469 e. The highest BCUT2D eigenvalue weighted by atomic mass is 16.5. The Morgan fingerprint density at radius 2 is 1.89 bits per heavy atom. The first-order valence-electron chi connectivity index (χ1n) is 6.01. The van der Waals surface area contributed by atoms with Crippen LogP contribution in [0.5, 0.6) is 0 Å². The summed E-state index contributed by atoms with van der Waals surface area (Å²) in [5, 5.41) is 2.60. The number of esters is 1. The number of ether oxygens (including phenoxy) is 2. The number of rotatable bonds is 8. The van der Waals surface area contributed by atoms with E-state index in [1.807, 2.05) is 0 Å². The predicted molar refractivity (Wildman–Crippen MR) is 68.3 cm³/mol. The van der Waals surface area contributed by atoms with E-state index in [-0.39, 0.29) is 30.9 Å². The van der Waals surface area contributed by atoms with Gasteiger partial charge in [-0.25, -0.2) is 0 Å². The number of nitrogens with zero attached hydrogens (tertiary/aromatic N) is 1. The first-order valence-corrected chi connectivity index (χ1v) is 6.01. The second-order valence-corrected chi connectivity index (χ2v) is 4.18. The molecule has 1 N–H and O–H groups in total. The average Bonchev–Trinajstić information content (AvgIpc) is 2.36. The van der Waals surface area contributed by atoms with Crippen molar-refractivity contribution >= 4 is 17.8 Å². The van der Waals surface area contributed by atoms with Crippen molar-refractivity contribution in [1.82, 2.24) is 10.2 Å². The Morgan fingerprint density at radius 3 is 2.37 bits per heavy atom. The van der Waals surface area contributed by atoms with E-state index >= 15 is 0 Å². The molecule has 7 heteroatoms. The molecule has 0 saturated heterocycles. The van der Waals surface area contributed by atoms with Crippen molar-refractivity contribution in [2.24, 2.45) is 5.92 Å². The molecule has 0 heterocycles. The molecule has 0 fully saturated rings. The Bertz CT molecular complexity index is 319. The third-order valence-electron chi connectivity index (χ3n) is 2.47. The predicted octanol–water partition coefficient (Wildman–Crippen LogP) is -0.593. The van der Waals surface area contributed by atoms with Crippen LogP contribution in [0.4, 0.5) is 0 Å². The molecule has 0 radical (unpaired) electrons. The second kappa shape index (κ2) is 9.32. The smallest absolute Gasteiger partial charge is 0.310 e. The molecule has 0 aromatic heterocycles. The van der Waals surface area contributed by atoms with E-state index in [4.69, 9.17) is 4.74 Å². The van der Waals surface area contributed by atoms with Crippen molar-refractivity contribution in [3.63, 3.8) is 0 Å². The minimum atomic E-state index is -0.428. The molecule has 0 saturated carbocycles. The summed E-state index contributed by atoms with van der Waals surface area (Å²) in [5.74, 6) is -1.21. The van der Waals surface area contributed by atoms with E-state index in [2.05, 4.69) is 10.1 Å². The standard InChI is InChI=1S/C12H22N2O5/c1-9(12(17)19-4)7-14(11(16)8-18-3)6-5-13-10(2)15/h9H,5-8H2,1-4H3,(H,13,15). The SMILES string of the molecule is COCC(=O)N(CCNC(C)=O)CC(C)C(=O)OC. The lowest BCUT2D eigenvalue weighted by Crippen LogP contribution is -2.43. The van der Waals surface area contributed by atoms with Gasteiger partial charge < -0.3 is 19.7 Å². The molecule has 0 aliphatic carbocycles. The summed E-state index contributed by atoms with van der Waals surface area (Å²) in [7, 11) is 2.73. The van der Waals surface area contributed by atoms with Crippen LogP contribution < -0.4 is 5.32 Å². The number of carbonyl (C=O) groups is 3. The van der Waals surface area contributed by atoms with Crippen molar-refractivity contribution in [2.75, 3.05) is 40.5 Å². The molecule has 0 spiro atoms. The van der Waals surface area contributed by atoms with E-state index in [9.17, 15) is 14.4 Å². The van der Waals surface area contributed by atoms with Crippen LogP contribution in [0, 0.1) is 5.92 Å². The van der Waals surface area contributed by atoms with Crippen LogP contribution in [0.3, 0.4) is 0 Å². The van der Waals surface area contributed by atoms with E-state index < -0.39 is 5.92 Å². The van der Waals surface area contributed by atoms with Crippen LogP contribution in [-0.4, -0.2) is 63.1 Å². The Kier molecular flexibility index (Phi) is 8.52. The van der Waals surface area contributed by atoms with Gasteiger partial charge in [0.2, 0.25) is 11.8 Å². The lowest BCUT2D eigenvalue weighted by atomic mass is 10.1. The monoisotopic (exact) mass is 274 g/mol. The van der Waals surface area contributed by atoms with Gasteiger partial charge in [-0.15, -0.1) is 0 Å². The number of carbonyl (C=O) groups excluding carboxylic acids is 3. The third-order valence-corrected chi connectivity index (χ3v) is 2.47. The highest BCUT2D eigenvalue weighted by Gasteiger charge is 2.21. The van der Waals surface area contributed by atoms with Gasteiger partial charge in [-0.05, 0) is 0 Å². The van der Waals surface area contributed by atoms with Crippen molar-refractivity contribution in [2.45, 2.75) is 13.8 Å². The van der Waals surface area contributed by atoms with Crippen LogP contribution in [0.25, 0.3) is 0 Å². The van der Waals surface area contributed by atoms with E-state index in [1.54, 1.807) is 6.92 Å². The maximum atomic E-state index is 11.8. The summed E-state index contributed by atoms with van der Waals surface area (Å²) >= 11 is 0. The number of amides is 2. The van der Waals surface area contributed by atoms with Gasteiger partial charge in [0.05, 0.1) is 13.0 Å². The Labute approximate surface area is 113 Å². The van der Waals surface area contributed by atoms with E-state index in [1.165, 1.54) is 26.0 Å². The maximum absolute atomic E-state index is 11.8. The van der Waals surface area contributed by atoms with Crippen molar-refractivity contribution in [3.05, 3.63) is 0 Å². The lowest BCUT2D eigenvalue weighted by Gasteiger charge is -2.24. The third kappa shape index (κ3) is 7.40. The number of hydrogen-bond donors (Lipinski definition) is 1. The van der Waals surface area contributed by atoms with Gasteiger partial charge in [0.25, 0.3) is 0 Å². The van der Waals surface area contributed by atoms with Crippen LogP contribution in [0.2, 0.25) is 0 Å². The minimum Gasteiger partial charge on any atom is -0.469 e. The molecule has 1 atom stereocenters. The number of nitrogens with one attached hydrogen (secondary N) is 1. The molecular weight excluding hydrogens is 252 g/mol. The zero-order chi connectivity index (χ0) is 14.8. The van der Waals surface area contributed by atoms with Crippen LogP contribution in [0.1, 0.15) is 13.8 Å². The fourth-order valence-corrected chi connectivity index (χ4v) is 1.51. The zero-order valence-electron chi connectivity index (χ0n) is 11.9. The summed E-state index contributed by atoms with van der Waals surface area (Å²) in [6, 6.07) is 0. The van der Waals surface area contributed by atoms with Crippen molar-refractivity contribution < 1.29 is 23.9 Å².